The number of ether oxygens (including phenoxy) is 1. The molecule has 0 fully saturated rings. The Balaban J connectivity index is 2.28. The molecule has 98 valence electrons. The Morgan fingerprint density at radius 2 is 2.21 bits per heavy atom. The summed E-state index contributed by atoms with van der Waals surface area (Å²) < 4.78 is 6.33. The zero-order chi connectivity index (χ0) is 13.8. The van der Waals surface area contributed by atoms with Gasteiger partial charge in [-0.1, -0.05) is 11.2 Å². The van der Waals surface area contributed by atoms with Gasteiger partial charge in [0.1, 0.15) is 11.4 Å². The van der Waals surface area contributed by atoms with Gasteiger partial charge in [-0.15, -0.1) is 0 Å². The summed E-state index contributed by atoms with van der Waals surface area (Å²) in [5.41, 5.74) is 6.84. The molecular weight excluding hydrogens is 312 g/mol. The molecule has 0 amide bonds. The van der Waals surface area contributed by atoms with E-state index >= 15 is 0 Å². The van der Waals surface area contributed by atoms with Crippen molar-refractivity contribution in [3.8, 4) is 11.8 Å². The number of nitrogens with two attached hydrogens (primary N) is 1. The van der Waals surface area contributed by atoms with E-state index in [1.165, 1.54) is 12.3 Å². The number of hydrogen-bond donors (Lipinski definition) is 2. The van der Waals surface area contributed by atoms with Gasteiger partial charge in [0, 0.05) is 6.20 Å². The molecule has 6 nitrogen and oxygen atoms in total. The van der Waals surface area contributed by atoms with E-state index in [1.54, 1.807) is 6.07 Å². The van der Waals surface area contributed by atoms with Crippen LogP contribution in [0.25, 0.3) is 0 Å². The maximum absolute atomic E-state index is 8.60. The first-order valence-corrected chi connectivity index (χ1v) is 6.14. The fourth-order valence-corrected chi connectivity index (χ4v) is 1.95. The summed E-state index contributed by atoms with van der Waals surface area (Å²) >= 11 is 3.40. The molecule has 1 aromatic heterocycles. The Morgan fingerprint density at radius 3 is 2.89 bits per heavy atom. The van der Waals surface area contributed by atoms with Crippen molar-refractivity contribution in [2.75, 3.05) is 0 Å². The number of aromatic nitrogens is 2. The van der Waals surface area contributed by atoms with Crippen molar-refractivity contribution in [3.05, 3.63) is 46.2 Å². The molecule has 0 aliphatic carbocycles. The topological polar surface area (TPSA) is 93.6 Å². The van der Waals surface area contributed by atoms with Crippen molar-refractivity contribution < 1.29 is 9.94 Å². The smallest absolute Gasteiger partial charge is 0.322 e. The van der Waals surface area contributed by atoms with Gasteiger partial charge in [0.15, 0.2) is 5.84 Å². The summed E-state index contributed by atoms with van der Waals surface area (Å²) in [5.74, 6) is 0.484. The number of aryl methyl sites for hydroxylation is 1. The highest BCUT2D eigenvalue weighted by atomic mass is 79.9. The highest BCUT2D eigenvalue weighted by Gasteiger charge is 2.08. The minimum absolute atomic E-state index is 0.102. The van der Waals surface area contributed by atoms with Crippen LogP contribution in [0.4, 0.5) is 0 Å². The van der Waals surface area contributed by atoms with Crippen molar-refractivity contribution in [2.24, 2.45) is 10.9 Å². The molecule has 1 heterocycles. The van der Waals surface area contributed by atoms with Crippen molar-refractivity contribution in [1.82, 2.24) is 9.97 Å². The van der Waals surface area contributed by atoms with Crippen LogP contribution >= 0.6 is 15.9 Å². The second-order valence-corrected chi connectivity index (χ2v) is 4.60. The summed E-state index contributed by atoms with van der Waals surface area (Å²) in [6, 6.07) is 7.27. The molecule has 1 aromatic carbocycles. The van der Waals surface area contributed by atoms with E-state index in [9.17, 15) is 0 Å². The minimum atomic E-state index is -0.102. The van der Waals surface area contributed by atoms with E-state index in [0.29, 0.717) is 5.75 Å². The standard InChI is InChI=1S/C12H11BrN4O2/c1-7-2-3-10(8(13)6-7)19-12-15-5-4-9(16-12)11(14)17-18/h2-6,18H,1H3,(H2,14,17). The van der Waals surface area contributed by atoms with Crippen LogP contribution in [0.3, 0.4) is 0 Å². The summed E-state index contributed by atoms with van der Waals surface area (Å²) in [7, 11) is 0. The fourth-order valence-electron chi connectivity index (χ4n) is 1.37. The van der Waals surface area contributed by atoms with Crippen molar-refractivity contribution in [3.63, 3.8) is 0 Å². The van der Waals surface area contributed by atoms with Gasteiger partial charge >= 0.3 is 6.01 Å². The number of benzene rings is 1. The van der Waals surface area contributed by atoms with Gasteiger partial charge in [-0.2, -0.15) is 4.98 Å². The minimum Gasteiger partial charge on any atom is -0.423 e. The fraction of sp³-hybridized carbons (Fsp3) is 0.0833. The number of amidine groups is 1. The second kappa shape index (κ2) is 5.66. The van der Waals surface area contributed by atoms with Crippen LogP contribution in [0.5, 0.6) is 11.8 Å². The van der Waals surface area contributed by atoms with Crippen LogP contribution in [-0.2, 0) is 0 Å². The third-order valence-corrected chi connectivity index (χ3v) is 2.91. The lowest BCUT2D eigenvalue weighted by atomic mass is 10.2. The Kier molecular flexibility index (Phi) is 3.96. The molecule has 0 aliphatic rings. The van der Waals surface area contributed by atoms with E-state index in [4.69, 9.17) is 15.7 Å². The normalized spacial score (nSPS) is 11.4. The molecule has 0 atom stereocenters. The van der Waals surface area contributed by atoms with Crippen molar-refractivity contribution >= 4 is 21.8 Å². The van der Waals surface area contributed by atoms with Crippen molar-refractivity contribution in [1.29, 1.82) is 0 Å². The lowest BCUT2D eigenvalue weighted by molar-refractivity contribution is 0.318. The molecule has 7 heteroatoms. The van der Waals surface area contributed by atoms with Crippen LogP contribution in [-0.4, -0.2) is 21.0 Å². The molecule has 19 heavy (non-hydrogen) atoms. The largest absolute Gasteiger partial charge is 0.423 e. The molecule has 3 N–H and O–H groups in total. The van der Waals surface area contributed by atoms with E-state index < -0.39 is 0 Å². The number of hydrogen-bond acceptors (Lipinski definition) is 5. The van der Waals surface area contributed by atoms with Gasteiger partial charge in [0.25, 0.3) is 0 Å². The highest BCUT2D eigenvalue weighted by molar-refractivity contribution is 9.10. The zero-order valence-corrected chi connectivity index (χ0v) is 11.6. The van der Waals surface area contributed by atoms with Gasteiger partial charge in [-0.3, -0.25) is 0 Å². The highest BCUT2D eigenvalue weighted by Crippen LogP contribution is 2.28. The predicted molar refractivity (Wildman–Crippen MR) is 73.5 cm³/mol. The lowest BCUT2D eigenvalue weighted by Crippen LogP contribution is -2.15. The van der Waals surface area contributed by atoms with Crippen LogP contribution in [0.2, 0.25) is 0 Å². The summed E-state index contributed by atoms with van der Waals surface area (Å²) in [6.45, 7) is 1.98. The third-order valence-electron chi connectivity index (χ3n) is 2.29. The number of rotatable bonds is 3. The zero-order valence-electron chi connectivity index (χ0n) is 10.0. The Hall–Kier alpha value is -2.15. The van der Waals surface area contributed by atoms with Gasteiger partial charge in [0.2, 0.25) is 0 Å². The molecule has 0 bridgehead atoms. The van der Waals surface area contributed by atoms with Gasteiger partial charge < -0.3 is 15.7 Å². The average Bonchev–Trinajstić information content (AvgIpc) is 2.41. The first kappa shape index (κ1) is 13.3. The number of nitrogens with zero attached hydrogens (tertiary/aromatic N) is 3. The van der Waals surface area contributed by atoms with Crippen LogP contribution < -0.4 is 10.5 Å². The molecule has 2 rings (SSSR count). The van der Waals surface area contributed by atoms with Crippen molar-refractivity contribution in [2.45, 2.75) is 6.92 Å². The Labute approximate surface area is 118 Å². The van der Waals surface area contributed by atoms with E-state index in [0.717, 1.165) is 10.0 Å². The monoisotopic (exact) mass is 322 g/mol. The molecule has 0 unspecified atom stereocenters. The first-order valence-electron chi connectivity index (χ1n) is 5.35. The Morgan fingerprint density at radius 1 is 1.42 bits per heavy atom. The SMILES string of the molecule is Cc1ccc(Oc2nccc(/C(N)=N/O)n2)c(Br)c1. The molecule has 0 radical (unpaired) electrons. The van der Waals surface area contributed by atoms with Crippen LogP contribution in [0.1, 0.15) is 11.3 Å². The van der Waals surface area contributed by atoms with E-state index in [1.807, 2.05) is 19.1 Å². The molecule has 0 saturated carbocycles. The van der Waals surface area contributed by atoms with Gasteiger partial charge in [0.05, 0.1) is 4.47 Å². The molecule has 0 aliphatic heterocycles. The van der Waals surface area contributed by atoms with Gasteiger partial charge in [-0.25, -0.2) is 4.98 Å². The average molecular weight is 323 g/mol. The quantitative estimate of drug-likeness (QED) is 0.392. The maximum Gasteiger partial charge on any atom is 0.322 e. The van der Waals surface area contributed by atoms with Crippen LogP contribution in [0.15, 0.2) is 40.1 Å². The molecule has 0 spiro atoms. The molecule has 0 saturated heterocycles. The summed E-state index contributed by atoms with van der Waals surface area (Å²) in [4.78, 5) is 8.00. The third kappa shape index (κ3) is 3.19. The summed E-state index contributed by atoms with van der Waals surface area (Å²) in [5, 5.41) is 11.5. The van der Waals surface area contributed by atoms with E-state index in [-0.39, 0.29) is 17.5 Å². The number of halogens is 1. The predicted octanol–water partition coefficient (Wildman–Crippen LogP) is 2.43. The first-order chi connectivity index (χ1) is 9.10. The molecular formula is C12H11BrN4O2. The lowest BCUT2D eigenvalue weighted by Gasteiger charge is -2.07. The maximum atomic E-state index is 8.60. The summed E-state index contributed by atoms with van der Waals surface area (Å²) in [6.07, 6.45) is 1.47. The van der Waals surface area contributed by atoms with E-state index in [2.05, 4.69) is 31.1 Å². The second-order valence-electron chi connectivity index (χ2n) is 3.75. The molecule has 2 aromatic rings. The number of oxime groups is 1. The van der Waals surface area contributed by atoms with Gasteiger partial charge in [-0.05, 0) is 46.6 Å². The Bertz CT molecular complexity index is 631. The van der Waals surface area contributed by atoms with Crippen LogP contribution in [0, 0.1) is 6.92 Å².